The number of aryl methyl sites for hydroxylation is 3. The van der Waals surface area contributed by atoms with Gasteiger partial charge in [0.2, 0.25) is 0 Å². The Morgan fingerprint density at radius 3 is 2.67 bits per heavy atom. The number of aromatic nitrogens is 2. The molecule has 2 nitrogen and oxygen atoms in total. The minimum absolute atomic E-state index is 0.923. The first-order valence-electron chi connectivity index (χ1n) is 6.62. The number of benzene rings is 1. The maximum Gasteiger partial charge on any atom is 0.122 e. The molecule has 2 aromatic rings. The average Bonchev–Trinajstić information content (AvgIpc) is 2.72. The van der Waals surface area contributed by atoms with Gasteiger partial charge in [0, 0.05) is 12.2 Å². The fourth-order valence-electron chi connectivity index (χ4n) is 2.14. The minimum atomic E-state index is 0.923. The molecule has 2 rings (SSSR count). The number of hydrogen-bond donors (Lipinski definition) is 1. The van der Waals surface area contributed by atoms with E-state index in [0.29, 0.717) is 0 Å². The Hall–Kier alpha value is -1.35. The van der Waals surface area contributed by atoms with Crippen LogP contribution in [0.15, 0.2) is 36.4 Å². The molecular formula is C15H20N2S. The van der Waals surface area contributed by atoms with Crippen LogP contribution in [0.4, 0.5) is 0 Å². The zero-order valence-electron chi connectivity index (χ0n) is 10.9. The lowest BCUT2D eigenvalue weighted by Gasteiger charge is -2.03. The molecule has 0 aliphatic rings. The van der Waals surface area contributed by atoms with Gasteiger partial charge in [-0.2, -0.15) is 0 Å². The molecule has 96 valence electrons. The van der Waals surface area contributed by atoms with Gasteiger partial charge in [0.1, 0.15) is 4.64 Å². The Morgan fingerprint density at radius 1 is 1.17 bits per heavy atom. The first-order chi connectivity index (χ1) is 8.79. The van der Waals surface area contributed by atoms with E-state index in [4.69, 9.17) is 12.2 Å². The third-order valence-electron chi connectivity index (χ3n) is 3.05. The van der Waals surface area contributed by atoms with Crippen molar-refractivity contribution in [1.82, 2.24) is 9.78 Å². The summed E-state index contributed by atoms with van der Waals surface area (Å²) in [6.45, 7) is 3.15. The van der Waals surface area contributed by atoms with Crippen LogP contribution in [0.2, 0.25) is 0 Å². The second-order valence-corrected chi connectivity index (χ2v) is 5.03. The van der Waals surface area contributed by atoms with Gasteiger partial charge in [-0.3, -0.25) is 4.68 Å². The third-order valence-corrected chi connectivity index (χ3v) is 3.39. The van der Waals surface area contributed by atoms with E-state index in [1.807, 2.05) is 0 Å². The lowest BCUT2D eigenvalue weighted by molar-refractivity contribution is 0.565. The Kier molecular flexibility index (Phi) is 4.76. The van der Waals surface area contributed by atoms with Crippen molar-refractivity contribution >= 4 is 12.2 Å². The number of aromatic amines is 1. The van der Waals surface area contributed by atoms with Gasteiger partial charge in [0.15, 0.2) is 0 Å². The highest BCUT2D eigenvalue weighted by atomic mass is 32.1. The Labute approximate surface area is 114 Å². The topological polar surface area (TPSA) is 20.7 Å². The average molecular weight is 260 g/mol. The lowest BCUT2D eigenvalue weighted by Crippen LogP contribution is -2.02. The predicted molar refractivity (Wildman–Crippen MR) is 78.4 cm³/mol. The van der Waals surface area contributed by atoms with Crippen LogP contribution in [-0.2, 0) is 19.4 Å². The van der Waals surface area contributed by atoms with Crippen LogP contribution < -0.4 is 0 Å². The molecule has 18 heavy (non-hydrogen) atoms. The van der Waals surface area contributed by atoms with Gasteiger partial charge in [0.05, 0.1) is 0 Å². The standard InChI is InChI=1S/C15H20N2S/c1-2-7-14-12-15(18)17(16-14)11-6-10-13-8-4-3-5-9-13/h3-5,8-9,12,16H,2,6-7,10-11H2,1H3. The molecule has 1 N–H and O–H groups in total. The Balaban J connectivity index is 1.88. The number of nitrogens with zero attached hydrogens (tertiary/aromatic N) is 1. The van der Waals surface area contributed by atoms with Crippen LogP contribution >= 0.6 is 12.2 Å². The molecule has 0 spiro atoms. The fraction of sp³-hybridized carbons (Fsp3) is 0.400. The van der Waals surface area contributed by atoms with E-state index >= 15 is 0 Å². The maximum absolute atomic E-state index is 5.35. The fourth-order valence-corrected chi connectivity index (χ4v) is 2.42. The van der Waals surface area contributed by atoms with Crippen LogP contribution in [-0.4, -0.2) is 9.78 Å². The highest BCUT2D eigenvalue weighted by Crippen LogP contribution is 2.06. The number of nitrogens with one attached hydrogen (secondary N) is 1. The van der Waals surface area contributed by atoms with Gasteiger partial charge in [-0.05, 0) is 30.9 Å². The molecule has 0 amide bonds. The molecule has 1 heterocycles. The molecule has 1 aromatic carbocycles. The second-order valence-electron chi connectivity index (χ2n) is 4.61. The molecule has 0 radical (unpaired) electrons. The Bertz CT molecular complexity index is 525. The summed E-state index contributed by atoms with van der Waals surface area (Å²) in [6.07, 6.45) is 4.45. The molecular weight excluding hydrogens is 240 g/mol. The zero-order valence-corrected chi connectivity index (χ0v) is 11.7. The summed E-state index contributed by atoms with van der Waals surface area (Å²) < 4.78 is 3.01. The quantitative estimate of drug-likeness (QED) is 0.774. The largest absolute Gasteiger partial charge is 0.302 e. The summed E-state index contributed by atoms with van der Waals surface area (Å²) in [4.78, 5) is 0. The lowest BCUT2D eigenvalue weighted by atomic mass is 10.1. The SMILES string of the molecule is CCCc1cc(=S)n(CCCc2ccccc2)[nH]1. The normalized spacial score (nSPS) is 10.7. The van der Waals surface area contributed by atoms with Crippen molar-refractivity contribution in [2.24, 2.45) is 0 Å². The molecule has 0 saturated carbocycles. The molecule has 0 saturated heterocycles. The summed E-state index contributed by atoms with van der Waals surface area (Å²) in [5.74, 6) is 0. The van der Waals surface area contributed by atoms with Crippen molar-refractivity contribution in [3.8, 4) is 0 Å². The summed E-state index contributed by atoms with van der Waals surface area (Å²) in [5, 5.41) is 3.38. The number of H-pyrrole nitrogens is 1. The van der Waals surface area contributed by atoms with E-state index in [2.05, 4.69) is 53.1 Å². The van der Waals surface area contributed by atoms with E-state index in [1.165, 1.54) is 11.3 Å². The molecule has 0 aliphatic heterocycles. The molecule has 0 aliphatic carbocycles. The van der Waals surface area contributed by atoms with Crippen molar-refractivity contribution in [2.45, 2.75) is 39.2 Å². The molecule has 0 bridgehead atoms. The molecule has 0 atom stereocenters. The van der Waals surface area contributed by atoms with E-state index in [9.17, 15) is 0 Å². The highest BCUT2D eigenvalue weighted by molar-refractivity contribution is 7.71. The summed E-state index contributed by atoms with van der Waals surface area (Å²) >= 11 is 5.35. The van der Waals surface area contributed by atoms with Crippen LogP contribution in [0.25, 0.3) is 0 Å². The number of rotatable bonds is 6. The van der Waals surface area contributed by atoms with Crippen LogP contribution in [0, 0.1) is 4.64 Å². The van der Waals surface area contributed by atoms with E-state index in [-0.39, 0.29) is 0 Å². The monoisotopic (exact) mass is 260 g/mol. The van der Waals surface area contributed by atoms with E-state index in [0.717, 1.165) is 36.9 Å². The molecule has 0 unspecified atom stereocenters. The van der Waals surface area contributed by atoms with Crippen LogP contribution in [0.3, 0.4) is 0 Å². The summed E-state index contributed by atoms with van der Waals surface area (Å²) in [5.41, 5.74) is 2.64. The first-order valence-corrected chi connectivity index (χ1v) is 7.03. The minimum Gasteiger partial charge on any atom is -0.302 e. The molecule has 3 heteroatoms. The van der Waals surface area contributed by atoms with Crippen molar-refractivity contribution in [1.29, 1.82) is 0 Å². The van der Waals surface area contributed by atoms with Crippen LogP contribution in [0.5, 0.6) is 0 Å². The first kappa shape index (κ1) is 13.1. The third kappa shape index (κ3) is 3.57. The van der Waals surface area contributed by atoms with Gasteiger partial charge >= 0.3 is 0 Å². The second kappa shape index (κ2) is 6.55. The number of hydrogen-bond acceptors (Lipinski definition) is 1. The van der Waals surface area contributed by atoms with Gasteiger partial charge in [-0.25, -0.2) is 0 Å². The van der Waals surface area contributed by atoms with Gasteiger partial charge in [-0.1, -0.05) is 55.9 Å². The van der Waals surface area contributed by atoms with Gasteiger partial charge in [0.25, 0.3) is 0 Å². The van der Waals surface area contributed by atoms with Gasteiger partial charge in [-0.15, -0.1) is 0 Å². The maximum atomic E-state index is 5.35. The van der Waals surface area contributed by atoms with Crippen molar-refractivity contribution < 1.29 is 0 Å². The summed E-state index contributed by atoms with van der Waals surface area (Å²) in [6, 6.07) is 12.7. The predicted octanol–water partition coefficient (Wildman–Crippen LogP) is 4.13. The van der Waals surface area contributed by atoms with Gasteiger partial charge < -0.3 is 5.10 Å². The zero-order chi connectivity index (χ0) is 12.8. The molecule has 1 aromatic heterocycles. The molecule has 0 fully saturated rings. The van der Waals surface area contributed by atoms with Crippen molar-refractivity contribution in [2.75, 3.05) is 0 Å². The Morgan fingerprint density at radius 2 is 1.94 bits per heavy atom. The highest BCUT2D eigenvalue weighted by Gasteiger charge is 1.99. The van der Waals surface area contributed by atoms with Crippen molar-refractivity contribution in [3.05, 3.63) is 52.3 Å². The van der Waals surface area contributed by atoms with E-state index < -0.39 is 0 Å². The summed E-state index contributed by atoms with van der Waals surface area (Å²) in [7, 11) is 0. The van der Waals surface area contributed by atoms with Crippen LogP contribution in [0.1, 0.15) is 31.0 Å². The van der Waals surface area contributed by atoms with Crippen molar-refractivity contribution in [3.63, 3.8) is 0 Å². The van der Waals surface area contributed by atoms with E-state index in [1.54, 1.807) is 0 Å². The smallest absolute Gasteiger partial charge is 0.122 e.